The second-order valence-electron chi connectivity index (χ2n) is 7.39. The first-order valence-electron chi connectivity index (χ1n) is 9.55. The average molecular weight is 349 g/mol. The van der Waals surface area contributed by atoms with Gasteiger partial charge in [0, 0.05) is 18.5 Å². The predicted octanol–water partition coefficient (Wildman–Crippen LogP) is 5.04. The molecular formula is C23H27NO2. The summed E-state index contributed by atoms with van der Waals surface area (Å²) in [4.78, 5) is 2.46. The molecule has 1 aliphatic carbocycles. The molecule has 0 saturated carbocycles. The van der Waals surface area contributed by atoms with E-state index in [-0.39, 0.29) is 0 Å². The summed E-state index contributed by atoms with van der Waals surface area (Å²) >= 11 is 0. The first-order chi connectivity index (χ1) is 12.8. The fraction of sp³-hybridized carbons (Fsp3) is 0.391. The van der Waals surface area contributed by atoms with E-state index in [9.17, 15) is 0 Å². The van der Waals surface area contributed by atoms with Crippen molar-refractivity contribution in [3.05, 3.63) is 65.4 Å². The molecule has 136 valence electrons. The molecule has 1 heterocycles. The molecule has 3 aromatic rings. The van der Waals surface area contributed by atoms with E-state index in [2.05, 4.69) is 48.3 Å². The van der Waals surface area contributed by atoms with Crippen molar-refractivity contribution < 1.29 is 9.15 Å². The second-order valence-corrected chi connectivity index (χ2v) is 7.39. The zero-order chi connectivity index (χ0) is 17.9. The minimum atomic E-state index is 0.596. The Morgan fingerprint density at radius 1 is 1.15 bits per heavy atom. The van der Waals surface area contributed by atoms with Gasteiger partial charge in [-0.1, -0.05) is 30.3 Å². The molecule has 2 aromatic carbocycles. The number of rotatable bonds is 6. The Labute approximate surface area is 155 Å². The lowest BCUT2D eigenvalue weighted by Gasteiger charge is -2.30. The third-order valence-electron chi connectivity index (χ3n) is 5.66. The summed E-state index contributed by atoms with van der Waals surface area (Å²) in [5.41, 5.74) is 5.23. The largest absolute Gasteiger partial charge is 0.496 e. The SMILES string of the molecule is COc1cccc2c1CCCC2CN(C)CCc1cccc2ccoc12. The third kappa shape index (κ3) is 3.36. The van der Waals surface area contributed by atoms with Crippen LogP contribution >= 0.6 is 0 Å². The molecule has 0 spiro atoms. The minimum absolute atomic E-state index is 0.596. The van der Waals surface area contributed by atoms with Crippen LogP contribution in [0.2, 0.25) is 0 Å². The van der Waals surface area contributed by atoms with Gasteiger partial charge in [0.15, 0.2) is 0 Å². The molecule has 1 atom stereocenters. The summed E-state index contributed by atoms with van der Waals surface area (Å²) in [6.45, 7) is 2.13. The maximum Gasteiger partial charge on any atom is 0.137 e. The molecule has 0 bridgehead atoms. The molecule has 26 heavy (non-hydrogen) atoms. The van der Waals surface area contributed by atoms with Gasteiger partial charge in [-0.2, -0.15) is 0 Å². The van der Waals surface area contributed by atoms with Gasteiger partial charge < -0.3 is 14.1 Å². The zero-order valence-electron chi connectivity index (χ0n) is 15.7. The standard InChI is InChI=1S/C23H27NO2/c1-24(14-12-17-6-3-7-18-13-15-26-23(17)18)16-19-8-4-10-21-20(19)9-5-11-22(21)25-2/h3,5-7,9,11,13,15,19H,4,8,10,12,14,16H2,1-2H3. The normalized spacial score (nSPS) is 16.8. The molecular weight excluding hydrogens is 322 g/mol. The summed E-state index contributed by atoms with van der Waals surface area (Å²) in [5, 5.41) is 1.19. The number of hydrogen-bond donors (Lipinski definition) is 0. The van der Waals surface area contributed by atoms with Crippen LogP contribution < -0.4 is 4.74 Å². The molecule has 3 nitrogen and oxygen atoms in total. The van der Waals surface area contributed by atoms with E-state index in [0.717, 1.165) is 37.3 Å². The highest BCUT2D eigenvalue weighted by Gasteiger charge is 2.23. The van der Waals surface area contributed by atoms with Crippen molar-refractivity contribution in [1.82, 2.24) is 4.90 Å². The lowest BCUT2D eigenvalue weighted by atomic mass is 9.82. The van der Waals surface area contributed by atoms with Gasteiger partial charge in [0.2, 0.25) is 0 Å². The van der Waals surface area contributed by atoms with Crippen molar-refractivity contribution >= 4 is 11.0 Å². The summed E-state index contributed by atoms with van der Waals surface area (Å²) in [6.07, 6.45) is 6.44. The van der Waals surface area contributed by atoms with Crippen molar-refractivity contribution in [1.29, 1.82) is 0 Å². The number of benzene rings is 2. The van der Waals surface area contributed by atoms with Crippen LogP contribution in [0.5, 0.6) is 5.75 Å². The number of likely N-dealkylation sites (N-methyl/N-ethyl adjacent to an activating group) is 1. The molecule has 3 heteroatoms. The second kappa shape index (κ2) is 7.55. The molecule has 0 aliphatic heterocycles. The molecule has 0 radical (unpaired) electrons. The minimum Gasteiger partial charge on any atom is -0.496 e. The van der Waals surface area contributed by atoms with Crippen LogP contribution in [0.1, 0.15) is 35.4 Å². The van der Waals surface area contributed by atoms with Gasteiger partial charge in [0.1, 0.15) is 11.3 Å². The van der Waals surface area contributed by atoms with Gasteiger partial charge in [-0.15, -0.1) is 0 Å². The van der Waals surface area contributed by atoms with Crippen LogP contribution in [0.3, 0.4) is 0 Å². The van der Waals surface area contributed by atoms with E-state index in [0.29, 0.717) is 5.92 Å². The summed E-state index contributed by atoms with van der Waals surface area (Å²) < 4.78 is 11.3. The molecule has 0 saturated heterocycles. The molecule has 0 N–H and O–H groups in total. The Balaban J connectivity index is 1.43. The van der Waals surface area contributed by atoms with Gasteiger partial charge in [0.25, 0.3) is 0 Å². The van der Waals surface area contributed by atoms with E-state index in [1.807, 2.05) is 6.07 Å². The van der Waals surface area contributed by atoms with E-state index in [4.69, 9.17) is 9.15 Å². The highest BCUT2D eigenvalue weighted by Crippen LogP contribution is 2.36. The Bertz CT molecular complexity index is 883. The smallest absolute Gasteiger partial charge is 0.137 e. The molecule has 1 unspecified atom stereocenters. The maximum atomic E-state index is 5.67. The highest BCUT2D eigenvalue weighted by molar-refractivity contribution is 5.80. The Morgan fingerprint density at radius 3 is 2.92 bits per heavy atom. The molecule has 0 amide bonds. The van der Waals surface area contributed by atoms with Crippen LogP contribution in [0, 0.1) is 0 Å². The first-order valence-corrected chi connectivity index (χ1v) is 9.55. The number of hydrogen-bond acceptors (Lipinski definition) is 3. The van der Waals surface area contributed by atoms with Gasteiger partial charge in [0.05, 0.1) is 13.4 Å². The van der Waals surface area contributed by atoms with Crippen LogP contribution in [-0.2, 0) is 12.8 Å². The number of methoxy groups -OCH3 is 1. The maximum absolute atomic E-state index is 5.67. The number of fused-ring (bicyclic) bond motifs is 2. The molecule has 4 rings (SSSR count). The van der Waals surface area contributed by atoms with Crippen molar-refractivity contribution in [2.45, 2.75) is 31.6 Å². The van der Waals surface area contributed by atoms with Crippen LogP contribution in [0.15, 0.2) is 53.1 Å². The topological polar surface area (TPSA) is 25.6 Å². The van der Waals surface area contributed by atoms with Gasteiger partial charge in [-0.3, -0.25) is 0 Å². The quantitative estimate of drug-likeness (QED) is 0.624. The van der Waals surface area contributed by atoms with E-state index in [1.54, 1.807) is 13.4 Å². The van der Waals surface area contributed by atoms with Crippen LogP contribution in [0.4, 0.5) is 0 Å². The summed E-state index contributed by atoms with van der Waals surface area (Å²) in [5.74, 6) is 1.65. The average Bonchev–Trinajstić information content (AvgIpc) is 3.15. The van der Waals surface area contributed by atoms with Crippen molar-refractivity contribution in [3.63, 3.8) is 0 Å². The number of para-hydroxylation sites is 1. The van der Waals surface area contributed by atoms with Gasteiger partial charge >= 0.3 is 0 Å². The van der Waals surface area contributed by atoms with E-state index in [1.165, 1.54) is 34.9 Å². The monoisotopic (exact) mass is 349 g/mol. The lowest BCUT2D eigenvalue weighted by Crippen LogP contribution is -2.28. The summed E-state index contributed by atoms with van der Waals surface area (Å²) in [6, 6.07) is 15.0. The molecule has 1 aliphatic rings. The van der Waals surface area contributed by atoms with E-state index >= 15 is 0 Å². The van der Waals surface area contributed by atoms with Crippen LogP contribution in [0.25, 0.3) is 11.0 Å². The van der Waals surface area contributed by atoms with Crippen LogP contribution in [-0.4, -0.2) is 32.1 Å². The zero-order valence-corrected chi connectivity index (χ0v) is 15.7. The summed E-state index contributed by atoms with van der Waals surface area (Å²) in [7, 11) is 4.01. The molecule has 1 aromatic heterocycles. The Hall–Kier alpha value is -2.26. The fourth-order valence-corrected chi connectivity index (χ4v) is 4.32. The fourth-order valence-electron chi connectivity index (χ4n) is 4.32. The Morgan fingerprint density at radius 2 is 2.04 bits per heavy atom. The number of nitrogens with zero attached hydrogens (tertiary/aromatic N) is 1. The van der Waals surface area contributed by atoms with Crippen molar-refractivity contribution in [2.75, 3.05) is 27.2 Å². The molecule has 0 fully saturated rings. The van der Waals surface area contributed by atoms with Gasteiger partial charge in [-0.25, -0.2) is 0 Å². The number of furan rings is 1. The Kier molecular flexibility index (Phi) is 4.98. The van der Waals surface area contributed by atoms with Gasteiger partial charge in [-0.05, 0) is 67.5 Å². The first kappa shape index (κ1) is 17.2. The lowest BCUT2D eigenvalue weighted by molar-refractivity contribution is 0.299. The third-order valence-corrected chi connectivity index (χ3v) is 5.66. The highest BCUT2D eigenvalue weighted by atomic mass is 16.5. The van der Waals surface area contributed by atoms with E-state index < -0.39 is 0 Å². The van der Waals surface area contributed by atoms with Crippen molar-refractivity contribution in [3.8, 4) is 5.75 Å². The predicted molar refractivity (Wildman–Crippen MR) is 106 cm³/mol. The van der Waals surface area contributed by atoms with Crippen molar-refractivity contribution in [2.24, 2.45) is 0 Å². The number of ether oxygens (including phenoxy) is 1.